The third-order valence-electron chi connectivity index (χ3n) is 7.67. The van der Waals surface area contributed by atoms with Gasteiger partial charge in [0.1, 0.15) is 23.1 Å². The van der Waals surface area contributed by atoms with Crippen LogP contribution in [0.3, 0.4) is 0 Å². The molecule has 10 nitrogen and oxygen atoms in total. The van der Waals surface area contributed by atoms with Gasteiger partial charge >= 0.3 is 11.9 Å². The Morgan fingerprint density at radius 2 is 1.05 bits per heavy atom. The number of carbonyl (C=O) groups excluding carboxylic acids is 4. The molecule has 0 aromatic carbocycles. The molecule has 2 atom stereocenters. The molecule has 38 heavy (non-hydrogen) atoms. The molecule has 0 spiro atoms. The Hall–Kier alpha value is -4.34. The molecule has 0 amide bonds. The summed E-state index contributed by atoms with van der Waals surface area (Å²) in [6.07, 6.45) is 10.2. The zero-order valence-electron chi connectivity index (χ0n) is 22.0. The predicted molar refractivity (Wildman–Crippen MR) is 128 cm³/mol. The van der Waals surface area contributed by atoms with Crippen molar-refractivity contribution in [3.05, 3.63) is 70.3 Å². The van der Waals surface area contributed by atoms with Gasteiger partial charge in [0.25, 0.3) is 0 Å². The van der Waals surface area contributed by atoms with Crippen molar-refractivity contribution in [1.29, 1.82) is 0 Å². The fourth-order valence-electron chi connectivity index (χ4n) is 6.00. The van der Waals surface area contributed by atoms with E-state index in [2.05, 4.69) is 0 Å². The highest BCUT2D eigenvalue weighted by molar-refractivity contribution is 5.97. The number of aliphatic carboxylic acids is 2. The van der Waals surface area contributed by atoms with Crippen molar-refractivity contribution in [1.82, 2.24) is 0 Å². The van der Waals surface area contributed by atoms with Crippen LogP contribution in [0.25, 0.3) is 11.1 Å². The van der Waals surface area contributed by atoms with Crippen LogP contribution in [0.5, 0.6) is 0 Å². The zero-order chi connectivity index (χ0) is 28.2. The van der Waals surface area contributed by atoms with Crippen LogP contribution in [-0.4, -0.2) is 38.1 Å². The molecule has 2 aromatic rings. The van der Waals surface area contributed by atoms with Crippen LogP contribution in [0.4, 0.5) is 0 Å². The lowest BCUT2D eigenvalue weighted by molar-refractivity contribution is -0.691. The maximum atomic E-state index is 13.0. The molecule has 2 unspecified atom stereocenters. The third-order valence-corrected chi connectivity index (χ3v) is 7.67. The van der Waals surface area contributed by atoms with E-state index >= 15 is 0 Å². The van der Waals surface area contributed by atoms with Gasteiger partial charge in [-0.1, -0.05) is 26.0 Å². The van der Waals surface area contributed by atoms with Crippen molar-refractivity contribution in [2.45, 2.75) is 51.6 Å². The lowest BCUT2D eigenvalue weighted by Gasteiger charge is -2.42. The SMILES string of the molecule is COC(=O)c1c[n+](CC(=O)[O-])cc2c1C(C)(C1(C)C=C(C)c3c[n+](CC(=O)[O-])cc(C(=O)OC)c31)C=C2C. The van der Waals surface area contributed by atoms with Crippen molar-refractivity contribution in [2.75, 3.05) is 14.2 Å². The normalized spacial score (nSPS) is 21.2. The minimum atomic E-state index is -1.31. The second-order valence-corrected chi connectivity index (χ2v) is 10.1. The van der Waals surface area contributed by atoms with Crippen molar-refractivity contribution in [3.63, 3.8) is 0 Å². The third kappa shape index (κ3) is 3.96. The number of carboxylic acids is 2. The molecular formula is C28H28N2O8. The van der Waals surface area contributed by atoms with Crippen molar-refractivity contribution in [3.8, 4) is 0 Å². The largest absolute Gasteiger partial charge is 0.544 e. The minimum absolute atomic E-state index is 0.185. The molecule has 10 heteroatoms. The first kappa shape index (κ1) is 26.7. The van der Waals surface area contributed by atoms with E-state index in [4.69, 9.17) is 9.47 Å². The van der Waals surface area contributed by atoms with Crippen LogP contribution in [0, 0.1) is 0 Å². The van der Waals surface area contributed by atoms with Crippen LogP contribution in [0.2, 0.25) is 0 Å². The maximum Gasteiger partial charge on any atom is 0.344 e. The second kappa shape index (κ2) is 9.20. The number of allylic oxidation sites excluding steroid dienone is 4. The second-order valence-electron chi connectivity index (χ2n) is 10.1. The summed E-state index contributed by atoms with van der Waals surface area (Å²) in [5.41, 5.74) is 2.75. The monoisotopic (exact) mass is 520 g/mol. The van der Waals surface area contributed by atoms with Crippen LogP contribution in [0.1, 0.15) is 70.7 Å². The molecule has 0 radical (unpaired) electrons. The van der Waals surface area contributed by atoms with E-state index in [-0.39, 0.29) is 11.1 Å². The Balaban J connectivity index is 2.05. The van der Waals surface area contributed by atoms with Crippen molar-refractivity contribution in [2.24, 2.45) is 0 Å². The van der Waals surface area contributed by atoms with Gasteiger partial charge in [0.2, 0.25) is 0 Å². The zero-order valence-corrected chi connectivity index (χ0v) is 22.0. The summed E-state index contributed by atoms with van der Waals surface area (Å²) in [5, 5.41) is 22.7. The molecule has 2 aromatic heterocycles. The number of carbonyl (C=O) groups is 4. The number of carboxylic acid groups (broad SMARTS) is 2. The number of fused-ring (bicyclic) bond motifs is 2. The predicted octanol–water partition coefficient (Wildman–Crippen LogP) is -0.616. The van der Waals surface area contributed by atoms with Gasteiger partial charge in [-0.25, -0.2) is 9.59 Å². The summed E-state index contributed by atoms with van der Waals surface area (Å²) in [7, 11) is 2.50. The van der Waals surface area contributed by atoms with Gasteiger partial charge in [0, 0.05) is 22.0 Å². The number of aromatic nitrogens is 2. The molecule has 2 aliphatic rings. The average Bonchev–Trinajstić information content (AvgIpc) is 3.27. The molecule has 2 aliphatic carbocycles. The summed E-state index contributed by atoms with van der Waals surface area (Å²) in [5.74, 6) is -3.90. The highest BCUT2D eigenvalue weighted by Gasteiger charge is 2.55. The molecular weight excluding hydrogens is 492 g/mol. The Morgan fingerprint density at radius 3 is 1.34 bits per heavy atom. The summed E-state index contributed by atoms with van der Waals surface area (Å²) in [6.45, 7) is 6.71. The van der Waals surface area contributed by atoms with Gasteiger partial charge in [-0.2, -0.15) is 9.13 Å². The number of pyridine rings is 2. The Kier molecular flexibility index (Phi) is 6.47. The maximum absolute atomic E-state index is 13.0. The molecule has 0 saturated heterocycles. The van der Waals surface area contributed by atoms with Crippen molar-refractivity contribution < 1.29 is 48.0 Å². The standard InChI is InChI=1S/C28H28N2O8/c1-15-7-27(3,23-17(15)9-29(13-21(31)32)11-19(23)25(35)37-5)28(4)8-16(2)18-10-30(14-22(33)34)12-20(24(18)28)26(36)38-6/h7-12H,13-14H2,1-6H3. The minimum Gasteiger partial charge on any atom is -0.544 e. The van der Waals surface area contributed by atoms with Gasteiger partial charge in [-0.3, -0.25) is 0 Å². The number of hydrogen-bond acceptors (Lipinski definition) is 8. The Labute approximate surface area is 219 Å². The van der Waals surface area contributed by atoms with Crippen molar-refractivity contribution >= 4 is 35.0 Å². The summed E-state index contributed by atoms with van der Waals surface area (Å²) in [4.78, 5) is 48.7. The highest BCUT2D eigenvalue weighted by Crippen LogP contribution is 2.58. The van der Waals surface area contributed by atoms with Crippen LogP contribution in [-0.2, 0) is 43.0 Å². The van der Waals surface area contributed by atoms with E-state index in [1.807, 2.05) is 39.8 Å². The average molecular weight is 521 g/mol. The quantitative estimate of drug-likeness (QED) is 0.348. The van der Waals surface area contributed by atoms with E-state index in [0.29, 0.717) is 22.3 Å². The topological polar surface area (TPSA) is 141 Å². The Bertz CT molecular complexity index is 1380. The Morgan fingerprint density at radius 1 is 0.711 bits per heavy atom. The molecule has 198 valence electrons. The highest BCUT2D eigenvalue weighted by atomic mass is 16.5. The number of rotatable bonds is 7. The van der Waals surface area contributed by atoms with E-state index in [0.717, 1.165) is 11.1 Å². The smallest absolute Gasteiger partial charge is 0.344 e. The number of hydrogen-bond donors (Lipinski definition) is 0. The van der Waals surface area contributed by atoms with Crippen LogP contribution in [0.15, 0.2) is 36.9 Å². The van der Waals surface area contributed by atoms with E-state index < -0.39 is 47.8 Å². The summed E-state index contributed by atoms with van der Waals surface area (Å²) < 4.78 is 12.9. The van der Waals surface area contributed by atoms with Gasteiger partial charge in [-0.15, -0.1) is 0 Å². The van der Waals surface area contributed by atoms with E-state index in [1.165, 1.54) is 35.7 Å². The lowest BCUT2D eigenvalue weighted by Crippen LogP contribution is -2.48. The first-order valence-corrected chi connectivity index (χ1v) is 11.9. The number of methoxy groups -OCH3 is 2. The number of nitrogens with zero attached hydrogens (tertiary/aromatic N) is 2. The summed E-state index contributed by atoms with van der Waals surface area (Å²) >= 11 is 0. The van der Waals surface area contributed by atoms with E-state index in [9.17, 15) is 29.4 Å². The van der Waals surface area contributed by atoms with Gasteiger partial charge in [0.15, 0.2) is 37.9 Å². The van der Waals surface area contributed by atoms with Crippen LogP contribution >= 0.6 is 0 Å². The van der Waals surface area contributed by atoms with E-state index in [1.54, 1.807) is 12.4 Å². The molecule has 2 heterocycles. The first-order chi connectivity index (χ1) is 17.8. The molecule has 0 fully saturated rings. The van der Waals surface area contributed by atoms with Gasteiger partial charge in [-0.05, 0) is 36.1 Å². The van der Waals surface area contributed by atoms with Gasteiger partial charge in [0.05, 0.1) is 14.2 Å². The summed E-state index contributed by atoms with van der Waals surface area (Å²) in [6, 6.07) is 0. The fourth-order valence-corrected chi connectivity index (χ4v) is 6.00. The molecule has 0 N–H and O–H groups in total. The molecule has 4 rings (SSSR count). The molecule has 0 bridgehead atoms. The number of esters is 2. The number of ether oxygens (including phenoxy) is 2. The molecule has 0 saturated carbocycles. The molecule has 0 aliphatic heterocycles. The van der Waals surface area contributed by atoms with Gasteiger partial charge < -0.3 is 29.3 Å². The lowest BCUT2D eigenvalue weighted by atomic mass is 9.59. The first-order valence-electron chi connectivity index (χ1n) is 11.9. The fraction of sp³-hybridized carbons (Fsp3) is 0.357. The van der Waals surface area contributed by atoms with Crippen LogP contribution < -0.4 is 19.3 Å².